The summed E-state index contributed by atoms with van der Waals surface area (Å²) in [5.74, 6) is -0.0897. The first kappa shape index (κ1) is 25.8. The van der Waals surface area contributed by atoms with Gasteiger partial charge in [-0.15, -0.1) is 0 Å². The Morgan fingerprint density at radius 3 is 2.34 bits per heavy atom. The van der Waals surface area contributed by atoms with Crippen molar-refractivity contribution < 1.29 is 19.8 Å². The van der Waals surface area contributed by atoms with Crippen molar-refractivity contribution in [3.8, 4) is 0 Å². The zero-order valence-corrected chi connectivity index (χ0v) is 21.3. The Morgan fingerprint density at radius 1 is 0.921 bits per heavy atom. The van der Waals surface area contributed by atoms with Gasteiger partial charge in [0.05, 0.1) is 17.8 Å². The number of hydrogen-bond donors (Lipinski definition) is 2. The molecule has 3 aromatic rings. The van der Waals surface area contributed by atoms with Crippen LogP contribution in [0.15, 0.2) is 73.1 Å². The molecule has 0 radical (unpaired) electrons. The molecule has 0 aliphatic carbocycles. The molecule has 1 unspecified atom stereocenters. The van der Waals surface area contributed by atoms with Gasteiger partial charge in [-0.1, -0.05) is 42.5 Å². The summed E-state index contributed by atoms with van der Waals surface area (Å²) in [7, 11) is 0. The molecule has 0 saturated carbocycles. The molecular weight excluding hydrogens is 482 g/mol. The van der Waals surface area contributed by atoms with Crippen LogP contribution in [0.3, 0.4) is 0 Å². The van der Waals surface area contributed by atoms with Crippen molar-refractivity contribution >= 4 is 12.0 Å². The van der Waals surface area contributed by atoms with Gasteiger partial charge < -0.3 is 15.1 Å². The van der Waals surface area contributed by atoms with E-state index in [1.807, 2.05) is 59.5 Å². The zero-order chi connectivity index (χ0) is 26.5. The first-order valence-electron chi connectivity index (χ1n) is 13.1. The van der Waals surface area contributed by atoms with Crippen molar-refractivity contribution in [3.05, 3.63) is 95.6 Å². The third-order valence-electron chi connectivity index (χ3n) is 7.56. The Labute approximate surface area is 222 Å². The van der Waals surface area contributed by atoms with Gasteiger partial charge in [-0.2, -0.15) is 0 Å². The van der Waals surface area contributed by atoms with Crippen molar-refractivity contribution in [3.63, 3.8) is 0 Å². The molecule has 38 heavy (non-hydrogen) atoms. The Kier molecular flexibility index (Phi) is 7.95. The summed E-state index contributed by atoms with van der Waals surface area (Å²) < 4.78 is 0. The molecule has 1 aromatic carbocycles. The molecule has 9 heteroatoms. The van der Waals surface area contributed by atoms with E-state index in [4.69, 9.17) is 0 Å². The van der Waals surface area contributed by atoms with Crippen LogP contribution in [0.2, 0.25) is 0 Å². The minimum absolute atomic E-state index is 0.0897. The van der Waals surface area contributed by atoms with E-state index >= 15 is 0 Å². The number of aliphatic hydroxyl groups excluding tert-OH is 1. The average Bonchev–Trinajstić information content (AvgIpc) is 3.38. The number of likely N-dealkylation sites (tertiary alicyclic amines) is 1. The van der Waals surface area contributed by atoms with Gasteiger partial charge in [0.25, 0.3) is 5.91 Å². The van der Waals surface area contributed by atoms with Crippen LogP contribution < -0.4 is 0 Å². The maximum atomic E-state index is 13.0. The molecule has 2 aliphatic heterocycles. The van der Waals surface area contributed by atoms with Crippen LogP contribution >= 0.6 is 0 Å². The van der Waals surface area contributed by atoms with Gasteiger partial charge in [0.15, 0.2) is 0 Å². The standard InChI is InChI=1S/C29H33N5O4/c35-27(22-6-2-1-3-7-22)26-12-10-24(34(26)29(37)38)18-21-9-11-25(31-19-21)28(36)33-16-14-32(15-17-33)20-23-8-4-5-13-30-23/h1-9,11,13,19,24,26-27,35H,10,12,14-18,20H2,(H,37,38)/t24-,26+,27?/m0/s1. The van der Waals surface area contributed by atoms with E-state index in [0.717, 1.165) is 30.9 Å². The van der Waals surface area contributed by atoms with E-state index in [-0.39, 0.29) is 11.9 Å². The smallest absolute Gasteiger partial charge is 0.407 e. The van der Waals surface area contributed by atoms with Crippen LogP contribution in [0, 0.1) is 0 Å². The zero-order valence-electron chi connectivity index (χ0n) is 21.3. The average molecular weight is 516 g/mol. The van der Waals surface area contributed by atoms with Crippen molar-refractivity contribution in [1.29, 1.82) is 0 Å². The van der Waals surface area contributed by atoms with Gasteiger partial charge >= 0.3 is 6.09 Å². The molecule has 2 amide bonds. The number of carbonyl (C=O) groups is 2. The number of benzene rings is 1. The van der Waals surface area contributed by atoms with Crippen molar-refractivity contribution in [2.24, 2.45) is 0 Å². The lowest BCUT2D eigenvalue weighted by Gasteiger charge is -2.34. The molecule has 2 saturated heterocycles. The van der Waals surface area contributed by atoms with Gasteiger partial charge in [-0.05, 0) is 48.6 Å². The lowest BCUT2D eigenvalue weighted by molar-refractivity contribution is 0.0540. The Hall–Kier alpha value is -3.82. The predicted molar refractivity (Wildman–Crippen MR) is 141 cm³/mol. The van der Waals surface area contributed by atoms with Crippen LogP contribution in [0.1, 0.15) is 46.3 Å². The fourth-order valence-electron chi connectivity index (χ4n) is 5.53. The second kappa shape index (κ2) is 11.7. The number of carbonyl (C=O) groups excluding carboxylic acids is 1. The van der Waals surface area contributed by atoms with E-state index < -0.39 is 18.2 Å². The minimum atomic E-state index is -1.03. The van der Waals surface area contributed by atoms with Crippen LogP contribution in [-0.2, 0) is 13.0 Å². The fraction of sp³-hybridized carbons (Fsp3) is 0.379. The molecule has 5 rings (SSSR count). The second-order valence-corrected chi connectivity index (χ2v) is 9.99. The van der Waals surface area contributed by atoms with Crippen LogP contribution in [0.25, 0.3) is 0 Å². The Bertz CT molecular complexity index is 1220. The first-order chi connectivity index (χ1) is 18.5. The summed E-state index contributed by atoms with van der Waals surface area (Å²) in [6.07, 6.45) is 3.29. The number of nitrogens with zero attached hydrogens (tertiary/aromatic N) is 5. The largest absolute Gasteiger partial charge is 0.465 e. The number of aliphatic hydroxyl groups is 1. The number of piperazine rings is 1. The molecule has 2 aliphatic rings. The predicted octanol–water partition coefficient (Wildman–Crippen LogP) is 3.22. The molecule has 2 aromatic heterocycles. The molecule has 2 fully saturated rings. The Balaban J connectivity index is 1.17. The third-order valence-corrected chi connectivity index (χ3v) is 7.56. The van der Waals surface area contributed by atoms with Gasteiger partial charge in [0, 0.05) is 51.2 Å². The molecule has 4 heterocycles. The summed E-state index contributed by atoms with van der Waals surface area (Å²) in [5, 5.41) is 20.8. The number of rotatable bonds is 7. The number of carboxylic acid groups (broad SMARTS) is 1. The van der Waals surface area contributed by atoms with Crippen molar-refractivity contribution in [2.75, 3.05) is 26.2 Å². The minimum Gasteiger partial charge on any atom is -0.465 e. The van der Waals surface area contributed by atoms with Crippen LogP contribution in [0.4, 0.5) is 4.79 Å². The fourth-order valence-corrected chi connectivity index (χ4v) is 5.53. The van der Waals surface area contributed by atoms with E-state index in [9.17, 15) is 19.8 Å². The number of pyridine rings is 2. The second-order valence-electron chi connectivity index (χ2n) is 9.99. The number of hydrogen-bond acceptors (Lipinski definition) is 6. The molecule has 2 N–H and O–H groups in total. The third kappa shape index (κ3) is 5.84. The van der Waals surface area contributed by atoms with Gasteiger partial charge in [0.2, 0.25) is 0 Å². The van der Waals surface area contributed by atoms with E-state index in [2.05, 4.69) is 14.9 Å². The van der Waals surface area contributed by atoms with Crippen LogP contribution in [0.5, 0.6) is 0 Å². The maximum absolute atomic E-state index is 13.0. The van der Waals surface area contributed by atoms with Crippen molar-refractivity contribution in [1.82, 2.24) is 24.7 Å². The SMILES string of the molecule is O=C(c1ccc(C[C@@H]2CC[C@H](C(O)c3ccccc3)N2C(=O)O)cn1)N1CCN(Cc2ccccn2)CC1. The summed E-state index contributed by atoms with van der Waals surface area (Å²) >= 11 is 0. The van der Waals surface area contributed by atoms with Gasteiger partial charge in [-0.25, -0.2) is 4.79 Å². The van der Waals surface area contributed by atoms with E-state index in [0.29, 0.717) is 43.6 Å². The lowest BCUT2D eigenvalue weighted by Crippen LogP contribution is -2.48. The summed E-state index contributed by atoms with van der Waals surface area (Å²) in [6, 6.07) is 17.9. The monoisotopic (exact) mass is 515 g/mol. The highest BCUT2D eigenvalue weighted by atomic mass is 16.4. The Morgan fingerprint density at radius 2 is 1.68 bits per heavy atom. The van der Waals surface area contributed by atoms with Crippen LogP contribution in [-0.4, -0.2) is 85.1 Å². The molecule has 198 valence electrons. The molecule has 9 nitrogen and oxygen atoms in total. The molecular formula is C29H33N5O4. The van der Waals surface area contributed by atoms with Gasteiger partial charge in [-0.3, -0.25) is 24.6 Å². The first-order valence-corrected chi connectivity index (χ1v) is 13.1. The quantitative estimate of drug-likeness (QED) is 0.497. The molecule has 0 bridgehead atoms. The molecule has 3 atom stereocenters. The van der Waals surface area contributed by atoms with E-state index in [1.165, 1.54) is 4.90 Å². The summed E-state index contributed by atoms with van der Waals surface area (Å²) in [5.41, 5.74) is 3.00. The topological polar surface area (TPSA) is 110 Å². The lowest BCUT2D eigenvalue weighted by atomic mass is 10.0. The summed E-state index contributed by atoms with van der Waals surface area (Å²) in [4.78, 5) is 39.5. The van der Waals surface area contributed by atoms with Crippen molar-refractivity contribution in [2.45, 2.75) is 44.0 Å². The normalized spacial score (nSPS) is 20.9. The number of aromatic nitrogens is 2. The highest BCUT2D eigenvalue weighted by molar-refractivity contribution is 5.92. The van der Waals surface area contributed by atoms with E-state index in [1.54, 1.807) is 18.5 Å². The highest BCUT2D eigenvalue weighted by Crippen LogP contribution is 2.34. The molecule has 0 spiro atoms. The summed E-state index contributed by atoms with van der Waals surface area (Å²) in [6.45, 7) is 3.60. The highest BCUT2D eigenvalue weighted by Gasteiger charge is 2.41. The van der Waals surface area contributed by atoms with Gasteiger partial charge in [0.1, 0.15) is 5.69 Å². The maximum Gasteiger partial charge on any atom is 0.407 e. The number of amides is 2.